The van der Waals surface area contributed by atoms with Crippen molar-refractivity contribution in [1.29, 1.82) is 0 Å². The molecule has 0 aliphatic carbocycles. The molecular weight excluding hydrogens is 580 g/mol. The summed E-state index contributed by atoms with van der Waals surface area (Å²) in [5.41, 5.74) is 1.30. The summed E-state index contributed by atoms with van der Waals surface area (Å²) < 4.78 is -0.504. The minimum Gasteiger partial charge on any atom is -0.258 e. The molecule has 24 heavy (non-hydrogen) atoms. The Morgan fingerprint density at radius 2 is 1.04 bits per heavy atom. The number of hydrogen-bond acceptors (Lipinski definition) is 4. The lowest BCUT2D eigenvalue weighted by atomic mass is 9.99. The highest BCUT2D eigenvalue weighted by Crippen LogP contribution is 2.41. The van der Waals surface area contributed by atoms with Crippen molar-refractivity contribution in [3.05, 3.63) is 67.8 Å². The number of alkyl halides is 4. The lowest BCUT2D eigenvalue weighted by Gasteiger charge is -2.09. The summed E-state index contributed by atoms with van der Waals surface area (Å²) in [4.78, 5) is 21.7. The van der Waals surface area contributed by atoms with Gasteiger partial charge in [-0.05, 0) is 23.3 Å². The maximum absolute atomic E-state index is 11.4. The number of halogens is 4. The van der Waals surface area contributed by atoms with E-state index in [1.54, 1.807) is 12.1 Å². The summed E-state index contributed by atoms with van der Waals surface area (Å²) >= 11 is 13.1. The molecular formula is C14H8Br4N2O4. The fourth-order valence-electron chi connectivity index (χ4n) is 2.13. The average molecular weight is 588 g/mol. The Bertz CT molecular complexity index is 744. The first kappa shape index (κ1) is 19.5. The molecule has 0 bridgehead atoms. The predicted octanol–water partition coefficient (Wildman–Crippen LogP) is 6.75. The third-order valence-electron chi connectivity index (χ3n) is 3.23. The second kappa shape index (κ2) is 8.03. The summed E-state index contributed by atoms with van der Waals surface area (Å²) in [5.74, 6) is 0. The normalized spacial score (nSPS) is 11.1. The fraction of sp³-hybridized carbons (Fsp3) is 0.143. The van der Waals surface area contributed by atoms with Gasteiger partial charge in [0.05, 0.1) is 28.4 Å². The average Bonchev–Trinajstić information content (AvgIpc) is 2.53. The van der Waals surface area contributed by atoms with Gasteiger partial charge in [0.2, 0.25) is 0 Å². The van der Waals surface area contributed by atoms with Crippen molar-refractivity contribution >= 4 is 75.1 Å². The number of rotatable bonds is 5. The van der Waals surface area contributed by atoms with Crippen LogP contribution in [0.5, 0.6) is 0 Å². The smallest absolute Gasteiger partial charge is 0.258 e. The summed E-state index contributed by atoms with van der Waals surface area (Å²) in [6.07, 6.45) is 0. The second-order valence-corrected chi connectivity index (χ2v) is 10.8. The number of nitro groups is 2. The van der Waals surface area contributed by atoms with E-state index < -0.39 is 9.85 Å². The van der Waals surface area contributed by atoms with Crippen LogP contribution < -0.4 is 0 Å². The van der Waals surface area contributed by atoms with Crippen LogP contribution in [-0.4, -0.2) is 9.85 Å². The fourth-order valence-corrected chi connectivity index (χ4v) is 3.27. The first-order valence-corrected chi connectivity index (χ1v) is 10.0. The van der Waals surface area contributed by atoms with Gasteiger partial charge in [-0.25, -0.2) is 0 Å². The van der Waals surface area contributed by atoms with Crippen LogP contribution in [0.1, 0.15) is 18.6 Å². The Hall–Kier alpha value is -0.840. The van der Waals surface area contributed by atoms with Crippen molar-refractivity contribution in [2.24, 2.45) is 0 Å². The molecule has 0 N–H and O–H groups in total. The van der Waals surface area contributed by atoms with E-state index in [2.05, 4.69) is 63.7 Å². The summed E-state index contributed by atoms with van der Waals surface area (Å²) in [7, 11) is 0. The molecule has 0 fully saturated rings. The molecule has 2 aromatic rings. The lowest BCUT2D eigenvalue weighted by Crippen LogP contribution is -1.98. The van der Waals surface area contributed by atoms with Gasteiger partial charge < -0.3 is 0 Å². The van der Waals surface area contributed by atoms with Gasteiger partial charge in [-0.2, -0.15) is 0 Å². The molecule has 0 heterocycles. The molecule has 126 valence electrons. The molecule has 6 nitrogen and oxygen atoms in total. The van der Waals surface area contributed by atoms with E-state index >= 15 is 0 Å². The van der Waals surface area contributed by atoms with Crippen LogP contribution >= 0.6 is 63.7 Å². The molecule has 0 aliphatic rings. The molecule has 0 amide bonds. The Labute approximate surface area is 170 Å². The highest BCUT2D eigenvalue weighted by molar-refractivity contribution is 9.24. The predicted molar refractivity (Wildman–Crippen MR) is 106 cm³/mol. The quantitative estimate of drug-likeness (QED) is 0.220. The van der Waals surface area contributed by atoms with Gasteiger partial charge in [0.15, 0.2) is 0 Å². The van der Waals surface area contributed by atoms with Crippen LogP contribution in [0.25, 0.3) is 11.1 Å². The Kier molecular flexibility index (Phi) is 6.52. The van der Waals surface area contributed by atoms with Gasteiger partial charge in [0, 0.05) is 12.1 Å². The Morgan fingerprint density at radius 3 is 1.29 bits per heavy atom. The molecule has 2 rings (SSSR count). The maximum Gasteiger partial charge on any atom is 0.277 e. The zero-order chi connectivity index (χ0) is 18.0. The third kappa shape index (κ3) is 4.22. The Morgan fingerprint density at radius 1 is 0.708 bits per heavy atom. The zero-order valence-corrected chi connectivity index (χ0v) is 18.0. The van der Waals surface area contributed by atoms with Crippen molar-refractivity contribution in [2.45, 2.75) is 7.47 Å². The van der Waals surface area contributed by atoms with E-state index in [0.29, 0.717) is 11.1 Å². The lowest BCUT2D eigenvalue weighted by molar-refractivity contribution is -0.386. The monoisotopic (exact) mass is 584 g/mol. The summed E-state index contributed by atoms with van der Waals surface area (Å²) in [6.45, 7) is 0. The molecule has 0 unspecified atom stereocenters. The van der Waals surface area contributed by atoms with Gasteiger partial charge in [-0.3, -0.25) is 20.2 Å². The highest BCUT2D eigenvalue weighted by atomic mass is 79.9. The molecule has 0 aliphatic heterocycles. The van der Waals surface area contributed by atoms with Crippen LogP contribution in [0, 0.1) is 20.2 Å². The third-order valence-corrected chi connectivity index (χ3v) is 5.35. The van der Waals surface area contributed by atoms with Crippen molar-refractivity contribution in [3.8, 4) is 11.1 Å². The van der Waals surface area contributed by atoms with Gasteiger partial charge in [-0.1, -0.05) is 75.9 Å². The van der Waals surface area contributed by atoms with Crippen LogP contribution in [0.2, 0.25) is 0 Å². The van der Waals surface area contributed by atoms with Crippen molar-refractivity contribution in [1.82, 2.24) is 0 Å². The zero-order valence-electron chi connectivity index (χ0n) is 11.7. The van der Waals surface area contributed by atoms with Crippen LogP contribution in [0.15, 0.2) is 36.4 Å². The molecule has 2 aromatic carbocycles. The maximum atomic E-state index is 11.4. The van der Waals surface area contributed by atoms with Gasteiger partial charge in [0.25, 0.3) is 11.4 Å². The standard InChI is InChI=1S/C14H8Br4N2O4/c15-13(16)7-1-3-9(11(5-7)19(21)22)10-4-2-8(14(17)18)6-12(10)20(23)24/h1-6,13-14H. The summed E-state index contributed by atoms with van der Waals surface area (Å²) in [6, 6.07) is 9.16. The van der Waals surface area contributed by atoms with Crippen LogP contribution in [0.3, 0.4) is 0 Å². The van der Waals surface area contributed by atoms with Crippen LogP contribution in [0.4, 0.5) is 11.4 Å². The molecule has 0 spiro atoms. The van der Waals surface area contributed by atoms with Gasteiger partial charge >= 0.3 is 0 Å². The molecule has 0 saturated carbocycles. The highest BCUT2D eigenvalue weighted by Gasteiger charge is 2.25. The number of hydrogen-bond donors (Lipinski definition) is 0. The molecule has 0 saturated heterocycles. The van der Waals surface area contributed by atoms with Gasteiger partial charge in [0.1, 0.15) is 0 Å². The minimum atomic E-state index is -0.545. The van der Waals surface area contributed by atoms with Gasteiger partial charge in [-0.15, -0.1) is 0 Å². The van der Waals surface area contributed by atoms with Crippen molar-refractivity contribution in [2.75, 3.05) is 0 Å². The Balaban J connectivity index is 2.71. The largest absolute Gasteiger partial charge is 0.277 e. The summed E-state index contributed by atoms with van der Waals surface area (Å²) in [5, 5.41) is 22.8. The van der Waals surface area contributed by atoms with E-state index in [0.717, 1.165) is 0 Å². The minimum absolute atomic E-state index is 0.193. The second-order valence-electron chi connectivity index (χ2n) is 4.67. The van der Waals surface area contributed by atoms with E-state index in [-0.39, 0.29) is 30.0 Å². The molecule has 0 aromatic heterocycles. The first-order chi connectivity index (χ1) is 11.2. The molecule has 10 heteroatoms. The number of benzene rings is 2. The number of nitrogens with zero attached hydrogens (tertiary/aromatic N) is 2. The van der Waals surface area contributed by atoms with E-state index in [4.69, 9.17) is 0 Å². The van der Waals surface area contributed by atoms with E-state index in [9.17, 15) is 20.2 Å². The van der Waals surface area contributed by atoms with E-state index in [1.165, 1.54) is 24.3 Å². The SMILES string of the molecule is O=[N+]([O-])c1cc(C(Br)Br)ccc1-c1ccc(C(Br)Br)cc1[N+](=O)[O-]. The topological polar surface area (TPSA) is 86.3 Å². The van der Waals surface area contributed by atoms with E-state index in [1.807, 2.05) is 0 Å². The van der Waals surface area contributed by atoms with Crippen molar-refractivity contribution in [3.63, 3.8) is 0 Å². The molecule has 0 radical (unpaired) electrons. The first-order valence-electron chi connectivity index (χ1n) is 6.35. The van der Waals surface area contributed by atoms with Crippen molar-refractivity contribution < 1.29 is 9.85 Å². The molecule has 0 atom stereocenters. The van der Waals surface area contributed by atoms with Crippen LogP contribution in [-0.2, 0) is 0 Å². The number of nitro benzene ring substituents is 2.